The minimum absolute atomic E-state index is 0.0955. The number of allylic oxidation sites excluding steroid dienone is 5. The third-order valence-electron chi connectivity index (χ3n) is 14.2. The molecule has 8 aromatic carbocycles. The van der Waals surface area contributed by atoms with Crippen LogP contribution in [-0.4, -0.2) is 10.4 Å². The molecule has 1 saturated carbocycles. The van der Waals surface area contributed by atoms with Gasteiger partial charge in [-0.25, -0.2) is 4.99 Å². The van der Waals surface area contributed by atoms with Crippen molar-refractivity contribution in [3.05, 3.63) is 186 Å². The second-order valence-corrected chi connectivity index (χ2v) is 17.1. The average Bonchev–Trinajstić information content (AvgIpc) is 3.60. The second kappa shape index (κ2) is 10.4. The van der Waals surface area contributed by atoms with Crippen molar-refractivity contribution < 1.29 is 0 Å². The Morgan fingerprint density at radius 3 is 1.96 bits per heavy atom. The average molecular weight is 715 g/mol. The molecule has 9 aromatic rings. The molecule has 0 bridgehead atoms. The predicted molar refractivity (Wildman–Crippen MR) is 237 cm³/mol. The van der Waals surface area contributed by atoms with E-state index in [9.17, 15) is 0 Å². The van der Waals surface area contributed by atoms with Crippen LogP contribution in [0.25, 0.3) is 81.7 Å². The highest BCUT2D eigenvalue weighted by Crippen LogP contribution is 2.69. The fourth-order valence-electron chi connectivity index (χ4n) is 11.4. The van der Waals surface area contributed by atoms with Crippen molar-refractivity contribution in [2.75, 3.05) is 0 Å². The fourth-order valence-corrected chi connectivity index (χ4v) is 11.4. The lowest BCUT2D eigenvalue weighted by molar-refractivity contribution is 0.661. The monoisotopic (exact) mass is 714 g/mol. The molecule has 13 rings (SSSR count). The van der Waals surface area contributed by atoms with Crippen LogP contribution in [0.5, 0.6) is 0 Å². The SMILES string of the molecule is CC1C2C(n3c4cc5c(cc4c4cc6c7ccccc7c7ccccc7c6cc43)-c3ccccc3C5(C)C)=NC(c3ccc4ccccc4c3)=C3C=CC=C[C@]312. The van der Waals surface area contributed by atoms with Crippen LogP contribution in [0.1, 0.15) is 37.5 Å². The van der Waals surface area contributed by atoms with Crippen LogP contribution in [0.4, 0.5) is 0 Å². The number of hydrogen-bond acceptors (Lipinski definition) is 1. The van der Waals surface area contributed by atoms with E-state index in [2.05, 4.69) is 189 Å². The summed E-state index contributed by atoms with van der Waals surface area (Å²) in [5.74, 6) is 1.81. The summed E-state index contributed by atoms with van der Waals surface area (Å²) < 4.78 is 2.59. The molecule has 1 fully saturated rings. The van der Waals surface area contributed by atoms with Gasteiger partial charge in [-0.2, -0.15) is 0 Å². The summed E-state index contributed by atoms with van der Waals surface area (Å²) in [6.45, 7) is 7.23. The van der Waals surface area contributed by atoms with Gasteiger partial charge in [-0.1, -0.05) is 154 Å². The van der Waals surface area contributed by atoms with Gasteiger partial charge in [-0.05, 0) is 107 Å². The van der Waals surface area contributed by atoms with Crippen LogP contribution in [0.2, 0.25) is 0 Å². The Labute approximate surface area is 325 Å². The Bertz CT molecular complexity index is 3420. The normalized spacial score (nSPS) is 21.6. The van der Waals surface area contributed by atoms with E-state index in [4.69, 9.17) is 4.99 Å². The summed E-state index contributed by atoms with van der Waals surface area (Å²) in [7, 11) is 0. The molecule has 4 aliphatic rings. The van der Waals surface area contributed by atoms with Crippen LogP contribution >= 0.6 is 0 Å². The highest BCUT2D eigenvalue weighted by Gasteiger charge is 2.67. The zero-order valence-electron chi connectivity index (χ0n) is 31.6. The molecule has 0 saturated heterocycles. The molecule has 3 atom stereocenters. The first-order valence-corrected chi connectivity index (χ1v) is 20.1. The molecule has 1 spiro atoms. The van der Waals surface area contributed by atoms with Crippen molar-refractivity contribution in [2.24, 2.45) is 22.2 Å². The van der Waals surface area contributed by atoms with Gasteiger partial charge < -0.3 is 0 Å². The van der Waals surface area contributed by atoms with Crippen LogP contribution in [0, 0.1) is 17.3 Å². The maximum absolute atomic E-state index is 5.89. The zero-order chi connectivity index (χ0) is 37.1. The lowest BCUT2D eigenvalue weighted by atomic mass is 9.82. The topological polar surface area (TPSA) is 17.3 Å². The molecule has 0 radical (unpaired) electrons. The Morgan fingerprint density at radius 1 is 0.536 bits per heavy atom. The van der Waals surface area contributed by atoms with Crippen molar-refractivity contribution in [2.45, 2.75) is 26.2 Å². The molecule has 56 heavy (non-hydrogen) atoms. The summed E-state index contributed by atoms with van der Waals surface area (Å²) in [5, 5.41) is 12.8. The minimum Gasteiger partial charge on any atom is -0.297 e. The van der Waals surface area contributed by atoms with Gasteiger partial charge in [0.15, 0.2) is 0 Å². The van der Waals surface area contributed by atoms with E-state index < -0.39 is 0 Å². The van der Waals surface area contributed by atoms with E-state index in [-0.39, 0.29) is 16.7 Å². The summed E-state index contributed by atoms with van der Waals surface area (Å²) in [4.78, 5) is 5.89. The van der Waals surface area contributed by atoms with E-state index in [1.807, 2.05) is 0 Å². The summed E-state index contributed by atoms with van der Waals surface area (Å²) >= 11 is 0. The molecule has 2 nitrogen and oxygen atoms in total. The van der Waals surface area contributed by atoms with Crippen LogP contribution < -0.4 is 0 Å². The van der Waals surface area contributed by atoms with Gasteiger partial charge in [0.25, 0.3) is 0 Å². The number of benzene rings is 8. The van der Waals surface area contributed by atoms with E-state index in [0.717, 1.165) is 11.5 Å². The van der Waals surface area contributed by atoms with Gasteiger partial charge in [0.1, 0.15) is 5.84 Å². The van der Waals surface area contributed by atoms with E-state index in [1.165, 1.54) is 98.3 Å². The number of aromatic nitrogens is 1. The van der Waals surface area contributed by atoms with E-state index in [1.54, 1.807) is 0 Å². The lowest BCUT2D eigenvalue weighted by Crippen LogP contribution is -2.24. The van der Waals surface area contributed by atoms with Crippen molar-refractivity contribution in [3.63, 3.8) is 0 Å². The molecule has 0 amide bonds. The molecule has 2 unspecified atom stereocenters. The first-order valence-electron chi connectivity index (χ1n) is 20.1. The Morgan fingerprint density at radius 2 is 1.18 bits per heavy atom. The fraction of sp³-hybridized carbons (Fsp3) is 0.130. The number of rotatable bonds is 1. The zero-order valence-corrected chi connectivity index (χ0v) is 31.6. The first kappa shape index (κ1) is 30.8. The van der Waals surface area contributed by atoms with Gasteiger partial charge in [0.2, 0.25) is 0 Å². The molecule has 0 N–H and O–H groups in total. The largest absolute Gasteiger partial charge is 0.297 e. The molecule has 1 aromatic heterocycles. The molecule has 1 aliphatic heterocycles. The first-order chi connectivity index (χ1) is 27.4. The van der Waals surface area contributed by atoms with Crippen molar-refractivity contribution in [1.82, 2.24) is 4.57 Å². The van der Waals surface area contributed by atoms with Crippen LogP contribution in [-0.2, 0) is 5.41 Å². The van der Waals surface area contributed by atoms with Gasteiger partial charge in [0.05, 0.1) is 16.7 Å². The summed E-state index contributed by atoms with van der Waals surface area (Å²) in [6.07, 6.45) is 9.29. The quantitative estimate of drug-likeness (QED) is 0.151. The molecule has 2 heterocycles. The standard InChI is InChI=1S/C54H38N2/c1-31-50-52(55-51(46-22-12-13-25-54(31,46)50)34-24-23-32-14-4-5-15-33(32)26-34)56-48-29-41-38-19-9-7-17-36(38)35-16-6-8-18-37(35)40(41)27-43(48)44-28-42-39-20-10-11-21-45(39)53(2,3)47(42)30-49(44)56/h4-31,50H,1-3H3/t31?,50?,54-/m1/s1. The third kappa shape index (κ3) is 3.70. The Balaban J connectivity index is 1.19. The van der Waals surface area contributed by atoms with Crippen LogP contribution in [0.15, 0.2) is 174 Å². The molecular formula is C54H38N2. The smallest absolute Gasteiger partial charge is 0.119 e. The maximum Gasteiger partial charge on any atom is 0.119 e. The third-order valence-corrected chi connectivity index (χ3v) is 14.2. The van der Waals surface area contributed by atoms with Gasteiger partial charge in [0, 0.05) is 33.1 Å². The summed E-state index contributed by atoms with van der Waals surface area (Å²) in [6, 6.07) is 52.5. The summed E-state index contributed by atoms with van der Waals surface area (Å²) in [5.41, 5.74) is 11.3. The highest BCUT2D eigenvalue weighted by molar-refractivity contribution is 6.30. The van der Waals surface area contributed by atoms with E-state index in [0.29, 0.717) is 5.92 Å². The maximum atomic E-state index is 5.89. The van der Waals surface area contributed by atoms with Gasteiger partial charge >= 0.3 is 0 Å². The Hall–Kier alpha value is -6.51. The molecule has 2 heteroatoms. The number of hydrogen-bond donors (Lipinski definition) is 0. The number of nitrogens with zero attached hydrogens (tertiary/aromatic N) is 2. The van der Waals surface area contributed by atoms with E-state index >= 15 is 0 Å². The minimum atomic E-state index is -0.124. The van der Waals surface area contributed by atoms with Crippen molar-refractivity contribution in [1.29, 1.82) is 0 Å². The van der Waals surface area contributed by atoms with Crippen molar-refractivity contribution in [3.8, 4) is 11.1 Å². The molecule has 3 aliphatic carbocycles. The van der Waals surface area contributed by atoms with Crippen molar-refractivity contribution >= 4 is 76.4 Å². The molecular weight excluding hydrogens is 677 g/mol. The number of fused-ring (bicyclic) bond motifs is 13. The number of aliphatic imine (C=N–C) groups is 1. The Kier molecular flexibility index (Phi) is 5.72. The van der Waals surface area contributed by atoms with Crippen LogP contribution in [0.3, 0.4) is 0 Å². The van der Waals surface area contributed by atoms with Gasteiger partial charge in [-0.15, -0.1) is 0 Å². The predicted octanol–water partition coefficient (Wildman–Crippen LogP) is 13.8. The molecule has 264 valence electrons. The highest BCUT2D eigenvalue weighted by atomic mass is 15.1. The van der Waals surface area contributed by atoms with Gasteiger partial charge in [-0.3, -0.25) is 4.57 Å². The lowest BCUT2D eigenvalue weighted by Gasteiger charge is -2.27. The second-order valence-electron chi connectivity index (χ2n) is 17.1.